The molecule has 1 spiro atoms. The number of halogens is 1. The number of anilines is 1. The lowest BCUT2D eigenvalue weighted by atomic mass is 9.70. The summed E-state index contributed by atoms with van der Waals surface area (Å²) in [5.41, 5.74) is 1.69. The van der Waals surface area contributed by atoms with Gasteiger partial charge in [-0.1, -0.05) is 58.4 Å². The van der Waals surface area contributed by atoms with Gasteiger partial charge in [-0.25, -0.2) is 0 Å². The number of aliphatic hydroxyl groups excluding tert-OH is 1. The predicted octanol–water partition coefficient (Wildman–Crippen LogP) is 5.06. The van der Waals surface area contributed by atoms with Crippen molar-refractivity contribution in [1.82, 2.24) is 9.80 Å². The van der Waals surface area contributed by atoms with E-state index in [4.69, 9.17) is 4.74 Å². The fraction of sp³-hybridized carbons (Fsp3) is 0.457. The van der Waals surface area contributed by atoms with E-state index in [0.29, 0.717) is 50.3 Å². The third kappa shape index (κ3) is 6.33. The molecule has 1 N–H and O–H groups in total. The summed E-state index contributed by atoms with van der Waals surface area (Å²) in [6, 6.07) is 16.4. The number of alkyl halides is 1. The van der Waals surface area contributed by atoms with Gasteiger partial charge in [0.05, 0.1) is 23.7 Å². The van der Waals surface area contributed by atoms with Crippen LogP contribution in [0, 0.1) is 11.8 Å². The molecule has 3 heterocycles. The number of nitrogens with zero attached hydrogens (tertiary/aromatic N) is 3. The summed E-state index contributed by atoms with van der Waals surface area (Å²) in [7, 11) is 1.60. The van der Waals surface area contributed by atoms with Gasteiger partial charge in [-0.3, -0.25) is 14.4 Å². The molecule has 3 amide bonds. The summed E-state index contributed by atoms with van der Waals surface area (Å²) in [5, 5.41) is 9.23. The Bertz CT molecular complexity index is 1390. The lowest BCUT2D eigenvalue weighted by Gasteiger charge is -2.38. The fourth-order valence-corrected chi connectivity index (χ4v) is 10.9. The molecule has 0 saturated carbocycles. The molecule has 3 aliphatic rings. The van der Waals surface area contributed by atoms with Crippen molar-refractivity contribution in [3.63, 3.8) is 0 Å². The lowest BCUT2D eigenvalue weighted by Crippen LogP contribution is -2.56. The highest BCUT2D eigenvalue weighted by atomic mass is 79.9. The molecular weight excluding hydrogens is 654 g/mol. The number of thioether (sulfide) groups is 1. The van der Waals surface area contributed by atoms with E-state index >= 15 is 0 Å². The van der Waals surface area contributed by atoms with Gasteiger partial charge in [0.15, 0.2) is 0 Å². The first-order chi connectivity index (χ1) is 21.8. The molecule has 5 rings (SSSR count). The number of likely N-dealkylation sites (tertiary alicyclic amines) is 1. The number of hydrogen-bond acceptors (Lipinski definition) is 6. The second-order valence-electron chi connectivity index (χ2n) is 11.9. The molecule has 45 heavy (non-hydrogen) atoms. The minimum absolute atomic E-state index is 0.0266. The average Bonchev–Trinajstić information content (AvgIpc) is 3.64. The molecule has 0 aliphatic carbocycles. The summed E-state index contributed by atoms with van der Waals surface area (Å²) in [4.78, 5) is 49.0. The topological polar surface area (TPSA) is 90.4 Å². The number of fused-ring (bicyclic) bond motifs is 1. The van der Waals surface area contributed by atoms with Gasteiger partial charge in [0, 0.05) is 48.6 Å². The van der Waals surface area contributed by atoms with Crippen LogP contribution in [0.1, 0.15) is 31.2 Å². The van der Waals surface area contributed by atoms with Crippen molar-refractivity contribution in [3.8, 4) is 5.75 Å². The van der Waals surface area contributed by atoms with Gasteiger partial charge in [0.25, 0.3) is 5.91 Å². The monoisotopic (exact) mass is 695 g/mol. The van der Waals surface area contributed by atoms with Crippen LogP contribution in [0.5, 0.6) is 5.75 Å². The molecule has 3 aliphatic heterocycles. The number of aliphatic hydroxyl groups is 1. The number of benzene rings is 2. The Hall–Kier alpha value is -3.08. The number of unbranched alkanes of at least 4 members (excludes halogenated alkanes) is 2. The van der Waals surface area contributed by atoms with Crippen molar-refractivity contribution in [2.24, 2.45) is 11.8 Å². The maximum atomic E-state index is 14.8. The van der Waals surface area contributed by atoms with Crippen LogP contribution < -0.4 is 9.64 Å². The zero-order valence-electron chi connectivity index (χ0n) is 25.7. The Morgan fingerprint density at radius 3 is 2.42 bits per heavy atom. The van der Waals surface area contributed by atoms with Gasteiger partial charge in [-0.15, -0.1) is 24.9 Å². The second-order valence-corrected chi connectivity index (χ2v) is 14.6. The standard InChI is InChI=1S/C35H42BrN3O5S/c1-4-18-37(23-24-12-8-6-9-13-24)32(41)28-29-33(42)39(20-10-7-11-21-40)31(35(29)22-27(36)30(28)45-35)34(43)38(19-5-2)25-14-16-26(44-3)17-15-25/h4-6,8-9,12-17,27-31,40H,1-2,7,10-11,18-23H2,3H3/t27?,28-,29-,30-,31?,35?/m0/s1. The van der Waals surface area contributed by atoms with Crippen LogP contribution in [0.25, 0.3) is 0 Å². The number of hydrogen-bond donors (Lipinski definition) is 1. The SMILES string of the molecule is C=CCN(Cc1ccccc1)C(=O)[C@H]1[C@H]2C(=O)N(CCCCCO)C(C(=O)N(CC=C)c3ccc(OC)cc3)C23CC(Br)[C@@H]1S3. The van der Waals surface area contributed by atoms with Gasteiger partial charge < -0.3 is 24.5 Å². The van der Waals surface area contributed by atoms with E-state index in [1.54, 1.807) is 45.7 Å². The van der Waals surface area contributed by atoms with Gasteiger partial charge in [0.2, 0.25) is 11.8 Å². The minimum Gasteiger partial charge on any atom is -0.497 e. The van der Waals surface area contributed by atoms with E-state index in [2.05, 4.69) is 29.1 Å². The maximum absolute atomic E-state index is 14.8. The zero-order chi connectivity index (χ0) is 32.1. The van der Waals surface area contributed by atoms with Gasteiger partial charge >= 0.3 is 0 Å². The average molecular weight is 697 g/mol. The van der Waals surface area contributed by atoms with E-state index in [1.807, 2.05) is 54.6 Å². The molecule has 8 nitrogen and oxygen atoms in total. The van der Waals surface area contributed by atoms with Gasteiger partial charge in [0.1, 0.15) is 11.8 Å². The van der Waals surface area contributed by atoms with E-state index in [-0.39, 0.29) is 41.0 Å². The molecule has 3 fully saturated rings. The maximum Gasteiger partial charge on any atom is 0.251 e. The Morgan fingerprint density at radius 2 is 1.78 bits per heavy atom. The van der Waals surface area contributed by atoms with E-state index < -0.39 is 22.6 Å². The number of methoxy groups -OCH3 is 1. The fourth-order valence-electron chi connectivity index (χ4n) is 7.27. The third-order valence-electron chi connectivity index (χ3n) is 9.20. The van der Waals surface area contributed by atoms with Crippen molar-refractivity contribution in [2.75, 3.05) is 38.3 Å². The summed E-state index contributed by atoms with van der Waals surface area (Å²) in [6.45, 7) is 9.32. The van der Waals surface area contributed by atoms with Crippen molar-refractivity contribution >= 4 is 51.1 Å². The Labute approximate surface area is 278 Å². The van der Waals surface area contributed by atoms with Gasteiger partial charge in [-0.05, 0) is 55.5 Å². The van der Waals surface area contributed by atoms with Crippen LogP contribution in [-0.2, 0) is 20.9 Å². The summed E-state index contributed by atoms with van der Waals surface area (Å²) >= 11 is 5.53. The molecular formula is C35H42BrN3O5S. The molecule has 2 bridgehead atoms. The van der Waals surface area contributed by atoms with E-state index in [9.17, 15) is 19.5 Å². The number of carbonyl (C=O) groups is 3. The summed E-state index contributed by atoms with van der Waals surface area (Å²) in [5.74, 6) is -0.894. The number of amides is 3. The van der Waals surface area contributed by atoms with Gasteiger partial charge in [-0.2, -0.15) is 0 Å². The van der Waals surface area contributed by atoms with Crippen molar-refractivity contribution < 1.29 is 24.2 Å². The van der Waals surface area contributed by atoms with Crippen LogP contribution >= 0.6 is 27.7 Å². The van der Waals surface area contributed by atoms with E-state index in [1.165, 1.54) is 0 Å². The van der Waals surface area contributed by atoms with Crippen molar-refractivity contribution in [2.45, 2.75) is 53.1 Å². The first kappa shape index (κ1) is 33.3. The third-order valence-corrected chi connectivity index (χ3v) is 12.4. The van der Waals surface area contributed by atoms with E-state index in [0.717, 1.165) is 12.0 Å². The molecule has 6 atom stereocenters. The first-order valence-electron chi connectivity index (χ1n) is 15.5. The summed E-state index contributed by atoms with van der Waals surface area (Å²) in [6.07, 6.45) is 6.04. The smallest absolute Gasteiger partial charge is 0.251 e. The predicted molar refractivity (Wildman–Crippen MR) is 182 cm³/mol. The Kier molecular flexibility index (Phi) is 10.8. The van der Waals surface area contributed by atoms with Crippen LogP contribution in [0.3, 0.4) is 0 Å². The number of carbonyl (C=O) groups excluding carboxylic acids is 3. The van der Waals surface area contributed by atoms with Crippen molar-refractivity contribution in [3.05, 3.63) is 85.5 Å². The quantitative estimate of drug-likeness (QED) is 0.159. The van der Waals surface area contributed by atoms with Crippen molar-refractivity contribution in [1.29, 1.82) is 0 Å². The minimum atomic E-state index is -0.761. The lowest BCUT2D eigenvalue weighted by molar-refractivity contribution is -0.144. The molecule has 2 aromatic carbocycles. The van der Waals surface area contributed by atoms with Crippen LogP contribution in [-0.4, -0.2) is 86.8 Å². The first-order valence-corrected chi connectivity index (χ1v) is 17.3. The van der Waals surface area contributed by atoms with Crippen LogP contribution in [0.2, 0.25) is 0 Å². The molecule has 3 saturated heterocycles. The van der Waals surface area contributed by atoms with Crippen LogP contribution in [0.4, 0.5) is 5.69 Å². The highest BCUT2D eigenvalue weighted by molar-refractivity contribution is 9.09. The van der Waals surface area contributed by atoms with Crippen LogP contribution in [0.15, 0.2) is 79.9 Å². The molecule has 0 aromatic heterocycles. The largest absolute Gasteiger partial charge is 0.497 e. The molecule has 2 aromatic rings. The number of ether oxygens (including phenoxy) is 1. The second kappa shape index (κ2) is 14.6. The molecule has 240 valence electrons. The number of rotatable bonds is 15. The highest BCUT2D eigenvalue weighted by Gasteiger charge is 2.76. The highest BCUT2D eigenvalue weighted by Crippen LogP contribution is 2.68. The zero-order valence-corrected chi connectivity index (χ0v) is 28.1. The Balaban J connectivity index is 1.53. The molecule has 0 radical (unpaired) electrons. The normalized spacial score (nSPS) is 26.4. The molecule has 3 unspecified atom stereocenters. The summed E-state index contributed by atoms with van der Waals surface area (Å²) < 4.78 is 4.57. The Morgan fingerprint density at radius 1 is 1.07 bits per heavy atom. The molecule has 10 heteroatoms.